The number of nitrogens with two attached hydrogens (primary N) is 1. The molecule has 0 saturated heterocycles. The van der Waals surface area contributed by atoms with Gasteiger partial charge in [-0.3, -0.25) is 0 Å². The molecule has 0 bridgehead atoms. The average molecular weight is 233 g/mol. The smallest absolute Gasteiger partial charge is 0.240 e. The second-order valence-electron chi connectivity index (χ2n) is 3.80. The molecule has 5 heteroatoms. The van der Waals surface area contributed by atoms with E-state index in [0.717, 1.165) is 11.3 Å². The fourth-order valence-corrected chi connectivity index (χ4v) is 1.45. The van der Waals surface area contributed by atoms with Crippen LogP contribution in [0.3, 0.4) is 0 Å². The van der Waals surface area contributed by atoms with E-state index in [1.54, 1.807) is 0 Å². The summed E-state index contributed by atoms with van der Waals surface area (Å²) in [6.45, 7) is 4.60. The molecule has 17 heavy (non-hydrogen) atoms. The van der Waals surface area contributed by atoms with E-state index in [1.165, 1.54) is 5.56 Å². The van der Waals surface area contributed by atoms with Gasteiger partial charge in [0.05, 0.1) is 6.54 Å². The third-order valence-corrected chi connectivity index (χ3v) is 2.60. The lowest BCUT2D eigenvalue weighted by Crippen LogP contribution is -2.01. The van der Waals surface area contributed by atoms with E-state index in [4.69, 9.17) is 15.0 Å². The van der Waals surface area contributed by atoms with Crippen molar-refractivity contribution in [3.8, 4) is 5.75 Å². The maximum atomic E-state index is 5.64. The lowest BCUT2D eigenvalue weighted by molar-refractivity contribution is 0.283. The highest BCUT2D eigenvalue weighted by Gasteiger charge is 2.07. The van der Waals surface area contributed by atoms with E-state index >= 15 is 0 Å². The van der Waals surface area contributed by atoms with Crippen LogP contribution in [0.4, 0.5) is 0 Å². The molecular formula is C12H15N3O2. The SMILES string of the molecule is Cc1cccc(OCc2noc(CN)n2)c1C. The van der Waals surface area contributed by atoms with Gasteiger partial charge in [0.1, 0.15) is 5.75 Å². The van der Waals surface area contributed by atoms with Gasteiger partial charge in [0.2, 0.25) is 11.7 Å². The highest BCUT2D eigenvalue weighted by Crippen LogP contribution is 2.21. The van der Waals surface area contributed by atoms with Gasteiger partial charge < -0.3 is 15.0 Å². The molecular weight excluding hydrogens is 218 g/mol. The first-order valence-electron chi connectivity index (χ1n) is 5.41. The molecule has 2 N–H and O–H groups in total. The fourth-order valence-electron chi connectivity index (χ4n) is 1.45. The Balaban J connectivity index is 2.04. The molecule has 0 spiro atoms. The van der Waals surface area contributed by atoms with Crippen LogP contribution in [-0.4, -0.2) is 10.1 Å². The van der Waals surface area contributed by atoms with E-state index < -0.39 is 0 Å². The van der Waals surface area contributed by atoms with Crippen LogP contribution in [0.25, 0.3) is 0 Å². The van der Waals surface area contributed by atoms with Crippen LogP contribution in [0, 0.1) is 13.8 Å². The van der Waals surface area contributed by atoms with Gasteiger partial charge >= 0.3 is 0 Å². The summed E-state index contributed by atoms with van der Waals surface area (Å²) in [5.74, 6) is 1.76. The number of aromatic nitrogens is 2. The number of aryl methyl sites for hydroxylation is 1. The summed E-state index contributed by atoms with van der Waals surface area (Å²) in [6, 6.07) is 5.93. The second-order valence-corrected chi connectivity index (χ2v) is 3.80. The normalized spacial score (nSPS) is 10.5. The molecule has 1 aromatic carbocycles. The molecule has 90 valence electrons. The molecule has 0 unspecified atom stereocenters. The molecule has 0 atom stereocenters. The Hall–Kier alpha value is -1.88. The highest BCUT2D eigenvalue weighted by molar-refractivity contribution is 5.38. The van der Waals surface area contributed by atoms with Gasteiger partial charge in [-0.2, -0.15) is 4.98 Å². The van der Waals surface area contributed by atoms with E-state index in [0.29, 0.717) is 11.7 Å². The quantitative estimate of drug-likeness (QED) is 0.870. The lowest BCUT2D eigenvalue weighted by Gasteiger charge is -2.08. The molecule has 2 aromatic rings. The van der Waals surface area contributed by atoms with E-state index in [-0.39, 0.29) is 13.2 Å². The third-order valence-electron chi connectivity index (χ3n) is 2.60. The maximum Gasteiger partial charge on any atom is 0.240 e. The minimum atomic E-state index is 0.247. The number of ether oxygens (including phenoxy) is 1. The van der Waals surface area contributed by atoms with Gasteiger partial charge in [0.15, 0.2) is 6.61 Å². The number of nitrogens with zero attached hydrogens (tertiary/aromatic N) is 2. The molecule has 5 nitrogen and oxygen atoms in total. The number of hydrogen-bond donors (Lipinski definition) is 1. The van der Waals surface area contributed by atoms with Crippen molar-refractivity contribution in [3.63, 3.8) is 0 Å². The zero-order chi connectivity index (χ0) is 12.3. The van der Waals surface area contributed by atoms with Crippen molar-refractivity contribution in [1.29, 1.82) is 0 Å². The van der Waals surface area contributed by atoms with Crippen LogP contribution in [0.2, 0.25) is 0 Å². The molecule has 0 aliphatic carbocycles. The summed E-state index contributed by atoms with van der Waals surface area (Å²) in [6.07, 6.45) is 0. The largest absolute Gasteiger partial charge is 0.485 e. The zero-order valence-corrected chi connectivity index (χ0v) is 9.93. The van der Waals surface area contributed by atoms with Crippen molar-refractivity contribution < 1.29 is 9.26 Å². The Kier molecular flexibility index (Phi) is 3.39. The standard InChI is InChI=1S/C12H15N3O2/c1-8-4-3-5-10(9(8)2)16-7-11-14-12(6-13)17-15-11/h3-5H,6-7,13H2,1-2H3. The molecule has 0 saturated carbocycles. The second kappa shape index (κ2) is 4.97. The Morgan fingerprint density at radius 3 is 2.88 bits per heavy atom. The van der Waals surface area contributed by atoms with Crippen LogP contribution in [0.1, 0.15) is 22.8 Å². The molecule has 1 aromatic heterocycles. The fraction of sp³-hybridized carbons (Fsp3) is 0.333. The van der Waals surface area contributed by atoms with Crippen molar-refractivity contribution in [2.45, 2.75) is 27.0 Å². The number of rotatable bonds is 4. The Morgan fingerprint density at radius 1 is 1.35 bits per heavy atom. The summed E-state index contributed by atoms with van der Waals surface area (Å²) in [5, 5.41) is 3.76. The Bertz CT molecular complexity index is 508. The Labute approximate surface area is 99.6 Å². The number of benzene rings is 1. The molecule has 0 radical (unpaired) electrons. The predicted molar refractivity (Wildman–Crippen MR) is 62.4 cm³/mol. The minimum absolute atomic E-state index is 0.247. The van der Waals surface area contributed by atoms with Gasteiger partial charge in [-0.05, 0) is 31.0 Å². The summed E-state index contributed by atoms with van der Waals surface area (Å²) in [7, 11) is 0. The van der Waals surface area contributed by atoms with E-state index in [9.17, 15) is 0 Å². The van der Waals surface area contributed by atoms with Gasteiger partial charge in [0, 0.05) is 0 Å². The monoisotopic (exact) mass is 233 g/mol. The predicted octanol–water partition coefficient (Wildman–Crippen LogP) is 1.72. The van der Waals surface area contributed by atoms with Crippen molar-refractivity contribution in [1.82, 2.24) is 10.1 Å². The van der Waals surface area contributed by atoms with Crippen LogP contribution in [-0.2, 0) is 13.2 Å². The van der Waals surface area contributed by atoms with Gasteiger partial charge in [-0.1, -0.05) is 17.3 Å². The van der Waals surface area contributed by atoms with E-state index in [1.807, 2.05) is 32.0 Å². The lowest BCUT2D eigenvalue weighted by atomic mass is 10.1. The molecule has 1 heterocycles. The summed E-state index contributed by atoms with van der Waals surface area (Å²) in [5.41, 5.74) is 7.69. The molecule has 0 aliphatic rings. The van der Waals surface area contributed by atoms with Crippen LogP contribution in [0.5, 0.6) is 5.75 Å². The zero-order valence-electron chi connectivity index (χ0n) is 9.93. The molecule has 0 aliphatic heterocycles. The minimum Gasteiger partial charge on any atom is -0.485 e. The first-order valence-corrected chi connectivity index (χ1v) is 5.41. The van der Waals surface area contributed by atoms with Crippen molar-refractivity contribution in [3.05, 3.63) is 41.0 Å². The average Bonchev–Trinajstić information content (AvgIpc) is 2.79. The first-order chi connectivity index (χ1) is 8.20. The van der Waals surface area contributed by atoms with E-state index in [2.05, 4.69) is 10.1 Å². The topological polar surface area (TPSA) is 74.2 Å². The van der Waals surface area contributed by atoms with Gasteiger partial charge in [-0.15, -0.1) is 0 Å². The highest BCUT2D eigenvalue weighted by atomic mass is 16.5. The summed E-state index contributed by atoms with van der Waals surface area (Å²) < 4.78 is 10.5. The first kappa shape index (κ1) is 11.6. The van der Waals surface area contributed by atoms with Gasteiger partial charge in [-0.25, -0.2) is 0 Å². The van der Waals surface area contributed by atoms with Crippen LogP contribution < -0.4 is 10.5 Å². The molecule has 2 rings (SSSR count). The van der Waals surface area contributed by atoms with Crippen LogP contribution >= 0.6 is 0 Å². The van der Waals surface area contributed by atoms with Crippen molar-refractivity contribution in [2.24, 2.45) is 5.73 Å². The molecule has 0 amide bonds. The number of hydrogen-bond acceptors (Lipinski definition) is 5. The summed E-state index contributed by atoms with van der Waals surface area (Å²) in [4.78, 5) is 4.07. The Morgan fingerprint density at radius 2 is 2.18 bits per heavy atom. The maximum absolute atomic E-state index is 5.64. The van der Waals surface area contributed by atoms with Gasteiger partial charge in [0.25, 0.3) is 0 Å². The van der Waals surface area contributed by atoms with Crippen molar-refractivity contribution >= 4 is 0 Å². The third kappa shape index (κ3) is 2.62. The van der Waals surface area contributed by atoms with Crippen LogP contribution in [0.15, 0.2) is 22.7 Å². The summed E-state index contributed by atoms with van der Waals surface area (Å²) >= 11 is 0. The van der Waals surface area contributed by atoms with Crippen molar-refractivity contribution in [2.75, 3.05) is 0 Å². The molecule has 0 fully saturated rings.